The predicted molar refractivity (Wildman–Crippen MR) is 202 cm³/mol. The molecule has 0 amide bonds. The van der Waals surface area contributed by atoms with E-state index >= 15 is 0 Å². The Bertz CT molecular complexity index is 1420. The smallest absolute Gasteiger partial charge is 0.345 e. The first-order valence-electron chi connectivity index (χ1n) is 19.0. The molecule has 0 bridgehead atoms. The number of unbranched alkanes of at least 4 members (excludes halogenated alkanes) is 11. The lowest BCUT2D eigenvalue weighted by Crippen LogP contribution is -2.47. The van der Waals surface area contributed by atoms with Crippen LogP contribution in [0.3, 0.4) is 0 Å². The van der Waals surface area contributed by atoms with Crippen LogP contribution >= 0.6 is 0 Å². The van der Waals surface area contributed by atoms with Crippen LogP contribution in [0.4, 0.5) is 0 Å². The van der Waals surface area contributed by atoms with Crippen molar-refractivity contribution < 1.29 is 13.9 Å². The van der Waals surface area contributed by atoms with E-state index in [2.05, 4.69) is 64.7 Å². The Kier molecular flexibility index (Phi) is 16.6. The van der Waals surface area contributed by atoms with Gasteiger partial charge in [0.2, 0.25) is 5.71 Å². The van der Waals surface area contributed by atoms with E-state index in [1.165, 1.54) is 75.3 Å². The molecular weight excluding hydrogens is 596 g/mol. The lowest BCUT2D eigenvalue weighted by molar-refractivity contribution is -0.0751. The van der Waals surface area contributed by atoms with Gasteiger partial charge in [0.15, 0.2) is 0 Å². The highest BCUT2D eigenvalue weighted by atomic mass is 16.5. The van der Waals surface area contributed by atoms with Crippen LogP contribution in [0.1, 0.15) is 149 Å². The molecule has 2 aromatic heterocycles. The van der Waals surface area contributed by atoms with Crippen LogP contribution in [0.25, 0.3) is 22.2 Å². The molecule has 48 heavy (non-hydrogen) atoms. The summed E-state index contributed by atoms with van der Waals surface area (Å²) in [5, 5.41) is 0.784. The van der Waals surface area contributed by atoms with Crippen LogP contribution in [-0.2, 0) is 17.6 Å². The summed E-state index contributed by atoms with van der Waals surface area (Å²) in [6.45, 7) is 16.8. The number of nitrogens with two attached hydrogens (primary N) is 1. The van der Waals surface area contributed by atoms with Gasteiger partial charge in [-0.15, -0.1) is 0 Å². The van der Waals surface area contributed by atoms with Gasteiger partial charge in [0.1, 0.15) is 11.5 Å². The largest absolute Gasteiger partial charge is 0.492 e. The van der Waals surface area contributed by atoms with Crippen molar-refractivity contribution in [2.45, 2.75) is 157 Å². The predicted octanol–water partition coefficient (Wildman–Crippen LogP) is 11.2. The van der Waals surface area contributed by atoms with Crippen molar-refractivity contribution in [3.8, 4) is 16.9 Å². The number of aromatic nitrogens is 1. The fourth-order valence-corrected chi connectivity index (χ4v) is 6.56. The van der Waals surface area contributed by atoms with Gasteiger partial charge in [-0.05, 0) is 85.6 Å². The van der Waals surface area contributed by atoms with Crippen molar-refractivity contribution in [1.29, 1.82) is 0 Å². The molecule has 0 spiro atoms. The minimum absolute atomic E-state index is 0.265. The number of benzene rings is 1. The monoisotopic (exact) mass is 663 g/mol. The van der Waals surface area contributed by atoms with Crippen molar-refractivity contribution in [2.75, 3.05) is 13.2 Å². The molecule has 0 radical (unpaired) electrons. The first kappa shape index (κ1) is 39.7. The molecule has 0 saturated carbocycles. The highest BCUT2D eigenvalue weighted by Gasteiger charge is 2.30. The molecule has 3 aromatic rings. The Hall–Kier alpha value is -2.70. The van der Waals surface area contributed by atoms with Gasteiger partial charge in [0.25, 0.3) is 0 Å². The van der Waals surface area contributed by atoms with E-state index in [1.807, 2.05) is 19.1 Å². The number of hydrogen-bond donors (Lipinski definition) is 1. The highest BCUT2D eigenvalue weighted by molar-refractivity contribution is 5.81. The fraction of sp³-hybridized carbons (Fsp3) is 0.667. The second kappa shape index (κ2) is 20.1. The molecule has 2 unspecified atom stereocenters. The van der Waals surface area contributed by atoms with Crippen LogP contribution in [0.15, 0.2) is 45.7 Å². The molecule has 6 heteroatoms. The van der Waals surface area contributed by atoms with E-state index in [4.69, 9.17) is 19.6 Å². The highest BCUT2D eigenvalue weighted by Crippen LogP contribution is 2.31. The molecular formula is C42H66N2O4. The standard InChI is InChI=1S/C42H66N2O4/c1-8-10-19-22-33-23-24-37(34(9-2)27-33)38-29-35-28-36(31-44-39(35)48-40(38)45)46-25-20-17-15-13-11-12-14-16-18-21-26-47-42(7,43)32(3)30-41(4,5)6/h23-24,27-29,31-32H,8-22,25-26,30,43H2,1-7H3. The van der Waals surface area contributed by atoms with Crippen molar-refractivity contribution in [2.24, 2.45) is 17.1 Å². The topological polar surface area (TPSA) is 87.6 Å². The summed E-state index contributed by atoms with van der Waals surface area (Å²) in [6.07, 6.45) is 20.5. The van der Waals surface area contributed by atoms with Gasteiger partial charge in [-0.1, -0.05) is 124 Å². The molecule has 0 fully saturated rings. The molecule has 1 aromatic carbocycles. The van der Waals surface area contributed by atoms with Crippen molar-refractivity contribution in [3.05, 3.63) is 58.1 Å². The number of rotatable bonds is 23. The zero-order valence-electron chi connectivity index (χ0n) is 31.4. The van der Waals surface area contributed by atoms with E-state index < -0.39 is 5.72 Å². The lowest BCUT2D eigenvalue weighted by atomic mass is 9.81. The summed E-state index contributed by atoms with van der Waals surface area (Å²) >= 11 is 0. The van der Waals surface area contributed by atoms with E-state index in [0.717, 1.165) is 56.1 Å². The van der Waals surface area contributed by atoms with Crippen molar-refractivity contribution in [3.63, 3.8) is 0 Å². The van der Waals surface area contributed by atoms with E-state index in [1.54, 1.807) is 6.20 Å². The Morgan fingerprint density at radius 3 is 2.08 bits per heavy atom. The average molecular weight is 663 g/mol. The minimum atomic E-state index is -0.548. The molecule has 0 aliphatic heterocycles. The van der Waals surface area contributed by atoms with Gasteiger partial charge >= 0.3 is 5.63 Å². The normalized spacial score (nSPS) is 13.9. The Balaban J connectivity index is 1.32. The van der Waals surface area contributed by atoms with Gasteiger partial charge in [-0.2, -0.15) is 0 Å². The Labute approximate surface area is 291 Å². The number of hydrogen-bond acceptors (Lipinski definition) is 6. The van der Waals surface area contributed by atoms with E-state index in [-0.39, 0.29) is 11.0 Å². The minimum Gasteiger partial charge on any atom is -0.492 e. The third-order valence-electron chi connectivity index (χ3n) is 9.59. The second-order valence-corrected chi connectivity index (χ2v) is 15.4. The van der Waals surface area contributed by atoms with E-state index in [0.29, 0.717) is 29.6 Å². The van der Waals surface area contributed by atoms with Crippen molar-refractivity contribution in [1.82, 2.24) is 4.98 Å². The van der Waals surface area contributed by atoms with Gasteiger partial charge < -0.3 is 19.6 Å². The second-order valence-electron chi connectivity index (χ2n) is 15.4. The number of nitrogens with zero attached hydrogens (tertiary/aromatic N) is 1. The van der Waals surface area contributed by atoms with Gasteiger partial charge in [0, 0.05) is 12.0 Å². The number of ether oxygens (including phenoxy) is 2. The third kappa shape index (κ3) is 13.7. The summed E-state index contributed by atoms with van der Waals surface area (Å²) < 4.78 is 17.8. The maximum atomic E-state index is 12.9. The molecule has 6 nitrogen and oxygen atoms in total. The molecule has 2 atom stereocenters. The summed E-state index contributed by atoms with van der Waals surface area (Å²) in [5.74, 6) is 1.05. The summed E-state index contributed by atoms with van der Waals surface area (Å²) in [4.78, 5) is 17.3. The summed E-state index contributed by atoms with van der Waals surface area (Å²) in [6, 6.07) is 10.3. The van der Waals surface area contributed by atoms with Crippen LogP contribution < -0.4 is 16.1 Å². The van der Waals surface area contributed by atoms with E-state index in [9.17, 15) is 4.79 Å². The maximum absolute atomic E-state index is 12.9. The van der Waals surface area contributed by atoms with Crippen LogP contribution in [-0.4, -0.2) is 23.9 Å². The first-order chi connectivity index (χ1) is 22.9. The molecule has 0 saturated heterocycles. The third-order valence-corrected chi connectivity index (χ3v) is 9.59. The number of pyridine rings is 1. The summed E-state index contributed by atoms with van der Waals surface area (Å²) in [5.41, 5.74) is 10.2. The number of fused-ring (bicyclic) bond motifs is 1. The number of aryl methyl sites for hydroxylation is 2. The van der Waals surface area contributed by atoms with Crippen LogP contribution in [0, 0.1) is 11.3 Å². The Morgan fingerprint density at radius 2 is 1.46 bits per heavy atom. The SMILES string of the molecule is CCCCCc1ccc(-c2cc3cc(OCCCCCCCCCCCCOC(C)(N)C(C)CC(C)(C)C)cnc3oc2=O)c(CC)c1. The molecule has 0 aliphatic carbocycles. The zero-order chi connectivity index (χ0) is 35.0. The fourth-order valence-electron chi connectivity index (χ4n) is 6.56. The van der Waals surface area contributed by atoms with Crippen LogP contribution in [0.5, 0.6) is 5.75 Å². The summed E-state index contributed by atoms with van der Waals surface area (Å²) in [7, 11) is 0. The molecule has 2 N–H and O–H groups in total. The quantitative estimate of drug-likeness (QED) is 0.0803. The molecule has 2 heterocycles. The van der Waals surface area contributed by atoms with Gasteiger partial charge in [0.05, 0.1) is 18.4 Å². The maximum Gasteiger partial charge on any atom is 0.345 e. The van der Waals surface area contributed by atoms with Gasteiger partial charge in [-0.3, -0.25) is 0 Å². The first-order valence-corrected chi connectivity index (χ1v) is 19.0. The van der Waals surface area contributed by atoms with Crippen molar-refractivity contribution >= 4 is 11.1 Å². The average Bonchev–Trinajstić information content (AvgIpc) is 3.04. The molecule has 0 aliphatic rings. The zero-order valence-corrected chi connectivity index (χ0v) is 31.4. The lowest BCUT2D eigenvalue weighted by Gasteiger charge is -2.35. The Morgan fingerprint density at radius 1 is 0.812 bits per heavy atom. The van der Waals surface area contributed by atoms with Crippen LogP contribution in [0.2, 0.25) is 0 Å². The van der Waals surface area contributed by atoms with Gasteiger partial charge in [-0.25, -0.2) is 9.78 Å². The molecule has 268 valence electrons. The molecule has 3 rings (SSSR count).